The predicted octanol–water partition coefficient (Wildman–Crippen LogP) is 2.98. The van der Waals surface area contributed by atoms with Gasteiger partial charge in [0.15, 0.2) is 0 Å². The quantitative estimate of drug-likeness (QED) is 0.432. The van der Waals surface area contributed by atoms with Gasteiger partial charge in [-0.2, -0.15) is 5.10 Å². The number of benzene rings is 1. The number of H-pyrrole nitrogens is 1. The van der Waals surface area contributed by atoms with Gasteiger partial charge >= 0.3 is 5.97 Å². The highest BCUT2D eigenvalue weighted by Crippen LogP contribution is 2.23. The van der Waals surface area contributed by atoms with Gasteiger partial charge in [-0.3, -0.25) is 4.79 Å². The van der Waals surface area contributed by atoms with Gasteiger partial charge in [0, 0.05) is 17.3 Å². The van der Waals surface area contributed by atoms with E-state index in [1.165, 1.54) is 14.2 Å². The van der Waals surface area contributed by atoms with E-state index in [9.17, 15) is 9.59 Å². The van der Waals surface area contributed by atoms with Crippen molar-refractivity contribution in [1.29, 1.82) is 0 Å². The van der Waals surface area contributed by atoms with Crippen LogP contribution in [-0.2, 0) is 4.74 Å². The Kier molecular flexibility index (Phi) is 6.81. The second-order valence-electron chi connectivity index (χ2n) is 6.08. The molecule has 1 heterocycles. The molecule has 1 aromatic carbocycles. The fourth-order valence-corrected chi connectivity index (χ4v) is 2.81. The molecule has 0 aliphatic rings. The highest BCUT2D eigenvalue weighted by Gasteiger charge is 2.20. The van der Waals surface area contributed by atoms with Crippen molar-refractivity contribution in [2.45, 2.75) is 27.7 Å². The number of ether oxygens (including phenoxy) is 3. The molecule has 150 valence electrons. The van der Waals surface area contributed by atoms with E-state index in [1.54, 1.807) is 45.9 Å². The number of hydrogen-bond acceptors (Lipinski definition) is 6. The number of rotatable bonds is 7. The molecule has 1 amide bonds. The van der Waals surface area contributed by atoms with E-state index in [0.29, 0.717) is 46.3 Å². The van der Waals surface area contributed by atoms with Crippen LogP contribution in [0, 0.1) is 13.8 Å². The summed E-state index contributed by atoms with van der Waals surface area (Å²) in [6.07, 6.45) is 0. The third-order valence-corrected chi connectivity index (χ3v) is 4.22. The maximum Gasteiger partial charge on any atom is 0.340 e. The molecule has 2 N–H and O–H groups in total. The van der Waals surface area contributed by atoms with E-state index >= 15 is 0 Å². The Balaban J connectivity index is 2.24. The molecule has 2 aromatic rings. The van der Waals surface area contributed by atoms with Crippen LogP contribution in [0.15, 0.2) is 23.3 Å². The number of methoxy groups -OCH3 is 2. The van der Waals surface area contributed by atoms with Crippen LogP contribution in [0.3, 0.4) is 0 Å². The van der Waals surface area contributed by atoms with E-state index in [2.05, 4.69) is 15.5 Å². The minimum absolute atomic E-state index is 0.297. The first-order valence-electron chi connectivity index (χ1n) is 8.76. The molecule has 0 bridgehead atoms. The lowest BCUT2D eigenvalue weighted by molar-refractivity contribution is 0.0525. The summed E-state index contributed by atoms with van der Waals surface area (Å²) in [7, 11) is 3.02. The van der Waals surface area contributed by atoms with Gasteiger partial charge in [0.1, 0.15) is 11.5 Å². The molecule has 0 aliphatic heterocycles. The van der Waals surface area contributed by atoms with Gasteiger partial charge in [-0.25, -0.2) is 10.2 Å². The molecule has 8 heteroatoms. The second kappa shape index (κ2) is 9.07. The first-order valence-corrected chi connectivity index (χ1v) is 8.76. The number of aromatic amines is 1. The zero-order valence-corrected chi connectivity index (χ0v) is 16.9. The smallest absolute Gasteiger partial charge is 0.340 e. The maximum absolute atomic E-state index is 12.5. The summed E-state index contributed by atoms with van der Waals surface area (Å²) in [4.78, 5) is 27.7. The number of hydrogen-bond donors (Lipinski definition) is 2. The van der Waals surface area contributed by atoms with Crippen molar-refractivity contribution >= 4 is 17.6 Å². The van der Waals surface area contributed by atoms with E-state index < -0.39 is 5.91 Å². The molecule has 0 saturated heterocycles. The molecular formula is C20H25N3O5. The van der Waals surface area contributed by atoms with Crippen LogP contribution in [0.1, 0.15) is 51.5 Å². The average molecular weight is 387 g/mol. The topological polar surface area (TPSA) is 102 Å². The lowest BCUT2D eigenvalue weighted by Crippen LogP contribution is -2.20. The lowest BCUT2D eigenvalue weighted by atomic mass is 10.1. The standard InChI is InChI=1S/C20H25N3O5/c1-7-28-20(25)17-11(2)18(21-12(17)3)13(4)22-23-19(24)14-8-15(26-5)10-16(9-14)27-6/h8-10,21H,7H2,1-6H3,(H,23,24)/b22-13+. The predicted molar refractivity (Wildman–Crippen MR) is 105 cm³/mol. The molecule has 0 radical (unpaired) electrons. The average Bonchev–Trinajstić information content (AvgIpc) is 2.99. The fourth-order valence-electron chi connectivity index (χ4n) is 2.81. The van der Waals surface area contributed by atoms with Crippen molar-refractivity contribution in [3.8, 4) is 11.5 Å². The fraction of sp³-hybridized carbons (Fsp3) is 0.350. The number of hydrazone groups is 1. The van der Waals surface area contributed by atoms with Crippen LogP contribution >= 0.6 is 0 Å². The van der Waals surface area contributed by atoms with Crippen LogP contribution in [0.2, 0.25) is 0 Å². The molecule has 28 heavy (non-hydrogen) atoms. The van der Waals surface area contributed by atoms with Gasteiger partial charge in [-0.1, -0.05) is 0 Å². The van der Waals surface area contributed by atoms with Crippen LogP contribution < -0.4 is 14.9 Å². The summed E-state index contributed by atoms with van der Waals surface area (Å²) in [5.74, 6) is 0.198. The number of nitrogens with zero attached hydrogens (tertiary/aromatic N) is 1. The highest BCUT2D eigenvalue weighted by molar-refractivity contribution is 6.04. The largest absolute Gasteiger partial charge is 0.497 e. The molecule has 0 atom stereocenters. The van der Waals surface area contributed by atoms with Crippen LogP contribution in [0.25, 0.3) is 0 Å². The number of nitrogens with one attached hydrogen (secondary N) is 2. The molecule has 0 fully saturated rings. The number of esters is 1. The summed E-state index contributed by atoms with van der Waals surface area (Å²) in [5.41, 5.74) is 5.93. The zero-order valence-electron chi connectivity index (χ0n) is 16.9. The molecule has 8 nitrogen and oxygen atoms in total. The summed E-state index contributed by atoms with van der Waals surface area (Å²) in [6.45, 7) is 7.38. The number of amides is 1. The Morgan fingerprint density at radius 2 is 1.71 bits per heavy atom. The van der Waals surface area contributed by atoms with Gasteiger partial charge in [0.2, 0.25) is 0 Å². The van der Waals surface area contributed by atoms with Crippen LogP contribution in [0.4, 0.5) is 0 Å². The van der Waals surface area contributed by atoms with Crippen molar-refractivity contribution in [1.82, 2.24) is 10.4 Å². The third kappa shape index (κ3) is 4.51. The van der Waals surface area contributed by atoms with Gasteiger partial charge in [0.05, 0.1) is 37.8 Å². The van der Waals surface area contributed by atoms with E-state index in [-0.39, 0.29) is 5.97 Å². The van der Waals surface area contributed by atoms with Crippen molar-refractivity contribution < 1.29 is 23.8 Å². The monoisotopic (exact) mass is 387 g/mol. The van der Waals surface area contributed by atoms with Crippen molar-refractivity contribution in [3.05, 3.63) is 46.3 Å². The van der Waals surface area contributed by atoms with E-state index in [4.69, 9.17) is 14.2 Å². The maximum atomic E-state index is 12.5. The third-order valence-electron chi connectivity index (χ3n) is 4.22. The van der Waals surface area contributed by atoms with Crippen LogP contribution in [-0.4, -0.2) is 43.4 Å². The van der Waals surface area contributed by atoms with Crippen molar-refractivity contribution in [2.75, 3.05) is 20.8 Å². The minimum atomic E-state index is -0.414. The SMILES string of the molecule is CCOC(=O)c1c(C)[nH]c(/C(C)=N/NC(=O)c2cc(OC)cc(OC)c2)c1C. The van der Waals surface area contributed by atoms with Crippen molar-refractivity contribution in [2.24, 2.45) is 5.10 Å². The minimum Gasteiger partial charge on any atom is -0.497 e. The molecule has 1 aromatic heterocycles. The first kappa shape index (κ1) is 21.0. The normalized spacial score (nSPS) is 11.1. The molecule has 0 aliphatic carbocycles. The molecule has 0 spiro atoms. The zero-order chi connectivity index (χ0) is 20.8. The highest BCUT2D eigenvalue weighted by atomic mass is 16.5. The van der Waals surface area contributed by atoms with Crippen LogP contribution in [0.5, 0.6) is 11.5 Å². The number of aryl methyl sites for hydroxylation is 1. The Labute approximate surface area is 163 Å². The molecular weight excluding hydrogens is 362 g/mol. The Morgan fingerprint density at radius 3 is 2.25 bits per heavy atom. The Hall–Kier alpha value is -3.29. The van der Waals surface area contributed by atoms with Gasteiger partial charge in [0.25, 0.3) is 5.91 Å². The second-order valence-corrected chi connectivity index (χ2v) is 6.08. The summed E-state index contributed by atoms with van der Waals surface area (Å²) in [5, 5.41) is 4.15. The molecule has 0 saturated carbocycles. The van der Waals surface area contributed by atoms with Gasteiger partial charge < -0.3 is 19.2 Å². The summed E-state index contributed by atoms with van der Waals surface area (Å²) < 4.78 is 15.4. The number of aromatic nitrogens is 1. The summed E-state index contributed by atoms with van der Waals surface area (Å²) >= 11 is 0. The Bertz CT molecular complexity index is 893. The van der Waals surface area contributed by atoms with E-state index in [0.717, 1.165) is 5.56 Å². The van der Waals surface area contributed by atoms with Gasteiger partial charge in [-0.05, 0) is 45.4 Å². The number of carbonyl (C=O) groups excluding carboxylic acids is 2. The van der Waals surface area contributed by atoms with Gasteiger partial charge in [-0.15, -0.1) is 0 Å². The summed E-state index contributed by atoms with van der Waals surface area (Å²) in [6, 6.07) is 4.85. The van der Waals surface area contributed by atoms with Crippen molar-refractivity contribution in [3.63, 3.8) is 0 Å². The first-order chi connectivity index (χ1) is 13.3. The molecule has 0 unspecified atom stereocenters. The Morgan fingerprint density at radius 1 is 1.11 bits per heavy atom. The van der Waals surface area contributed by atoms with E-state index in [1.807, 2.05) is 0 Å². The molecule has 2 rings (SSSR count). The number of carbonyl (C=O) groups is 2. The lowest BCUT2D eigenvalue weighted by Gasteiger charge is -2.08.